The number of carbonyl (C=O) groups is 2. The lowest BCUT2D eigenvalue weighted by atomic mass is 10.1. The number of halogens is 2. The third-order valence-electron chi connectivity index (χ3n) is 3.58. The Morgan fingerprint density at radius 2 is 2.19 bits per heavy atom. The van der Waals surface area contributed by atoms with Crippen LogP contribution in [0, 0.1) is 12.8 Å². The molecule has 1 fully saturated rings. The van der Waals surface area contributed by atoms with Crippen molar-refractivity contribution in [3.8, 4) is 0 Å². The van der Waals surface area contributed by atoms with E-state index in [0.29, 0.717) is 24.5 Å². The molecule has 0 saturated carbocycles. The summed E-state index contributed by atoms with van der Waals surface area (Å²) in [7, 11) is 0. The molecule has 5 nitrogen and oxygen atoms in total. The summed E-state index contributed by atoms with van der Waals surface area (Å²) in [6.45, 7) is 4.91. The van der Waals surface area contributed by atoms with E-state index < -0.39 is 0 Å². The van der Waals surface area contributed by atoms with Crippen LogP contribution in [0.25, 0.3) is 0 Å². The highest BCUT2D eigenvalue weighted by Crippen LogP contribution is 2.28. The van der Waals surface area contributed by atoms with Crippen LogP contribution < -0.4 is 11.1 Å². The smallest absolute Gasteiger partial charge is 0.229 e. The van der Waals surface area contributed by atoms with E-state index in [1.54, 1.807) is 11.0 Å². The number of anilines is 2. The van der Waals surface area contributed by atoms with Crippen molar-refractivity contribution in [3.05, 3.63) is 22.2 Å². The van der Waals surface area contributed by atoms with Gasteiger partial charge in [-0.2, -0.15) is 0 Å². The molecule has 1 unspecified atom stereocenters. The third kappa shape index (κ3) is 3.89. The minimum Gasteiger partial charge on any atom is -0.397 e. The standard InChI is InChI=1S/C14H18BrN3O2.ClH/c1-3-18-7-9(5-12(18)19)14(20)17-11-6-10(15)4-8(2)13(11)16;/h4,6,9H,3,5,7,16H2,1-2H3,(H,17,20);1H. The van der Waals surface area contributed by atoms with Gasteiger partial charge >= 0.3 is 0 Å². The molecule has 1 atom stereocenters. The molecule has 0 aliphatic carbocycles. The molecule has 7 heteroatoms. The zero-order valence-electron chi connectivity index (χ0n) is 12.0. The summed E-state index contributed by atoms with van der Waals surface area (Å²) in [6.07, 6.45) is 0.270. The van der Waals surface area contributed by atoms with E-state index in [9.17, 15) is 9.59 Å². The predicted molar refractivity (Wildman–Crippen MR) is 89.5 cm³/mol. The Morgan fingerprint density at radius 3 is 2.76 bits per heavy atom. The molecule has 0 spiro atoms. The van der Waals surface area contributed by atoms with E-state index in [4.69, 9.17) is 5.73 Å². The van der Waals surface area contributed by atoms with E-state index >= 15 is 0 Å². The van der Waals surface area contributed by atoms with Gasteiger partial charge in [0.05, 0.1) is 17.3 Å². The molecule has 3 N–H and O–H groups in total. The fourth-order valence-electron chi connectivity index (χ4n) is 2.35. The van der Waals surface area contributed by atoms with E-state index in [1.807, 2.05) is 19.9 Å². The first-order chi connectivity index (χ1) is 9.42. The van der Waals surface area contributed by atoms with Gasteiger partial charge in [0.15, 0.2) is 0 Å². The predicted octanol–water partition coefficient (Wildman–Crippen LogP) is 2.57. The highest BCUT2D eigenvalue weighted by molar-refractivity contribution is 9.10. The van der Waals surface area contributed by atoms with Crippen LogP contribution in [0.4, 0.5) is 11.4 Å². The van der Waals surface area contributed by atoms with Crippen molar-refractivity contribution < 1.29 is 9.59 Å². The molecule has 0 bridgehead atoms. The van der Waals surface area contributed by atoms with Gasteiger partial charge in [0.1, 0.15) is 0 Å². The SMILES string of the molecule is CCN1CC(C(=O)Nc2cc(Br)cc(C)c2N)CC1=O.Cl. The summed E-state index contributed by atoms with van der Waals surface area (Å²) in [6, 6.07) is 3.66. The van der Waals surface area contributed by atoms with Crippen LogP contribution in [0.15, 0.2) is 16.6 Å². The number of nitrogens with two attached hydrogens (primary N) is 1. The lowest BCUT2D eigenvalue weighted by molar-refractivity contribution is -0.128. The fraction of sp³-hybridized carbons (Fsp3) is 0.429. The molecule has 1 heterocycles. The van der Waals surface area contributed by atoms with E-state index in [0.717, 1.165) is 10.0 Å². The number of aryl methyl sites for hydroxylation is 1. The molecule has 1 aliphatic heterocycles. The molecule has 2 amide bonds. The molecule has 0 aromatic heterocycles. The average Bonchev–Trinajstić information content (AvgIpc) is 2.76. The number of benzene rings is 1. The number of nitrogens with one attached hydrogen (secondary N) is 1. The Labute approximate surface area is 138 Å². The summed E-state index contributed by atoms with van der Waals surface area (Å²) in [5.74, 6) is -0.425. The quantitative estimate of drug-likeness (QED) is 0.796. The van der Waals surface area contributed by atoms with E-state index in [2.05, 4.69) is 21.2 Å². The minimum absolute atomic E-state index is 0. The van der Waals surface area contributed by atoms with Crippen molar-refractivity contribution in [2.24, 2.45) is 5.92 Å². The van der Waals surface area contributed by atoms with Gasteiger partial charge in [-0.1, -0.05) is 15.9 Å². The van der Waals surface area contributed by atoms with Crippen LogP contribution >= 0.6 is 28.3 Å². The highest BCUT2D eigenvalue weighted by atomic mass is 79.9. The van der Waals surface area contributed by atoms with Crippen molar-refractivity contribution >= 4 is 51.5 Å². The Morgan fingerprint density at radius 1 is 1.52 bits per heavy atom. The van der Waals surface area contributed by atoms with Crippen LogP contribution in [0.5, 0.6) is 0 Å². The van der Waals surface area contributed by atoms with Crippen LogP contribution in [-0.4, -0.2) is 29.8 Å². The van der Waals surface area contributed by atoms with Crippen molar-refractivity contribution in [2.45, 2.75) is 20.3 Å². The summed E-state index contributed by atoms with van der Waals surface area (Å²) in [5.41, 5.74) is 8.00. The lowest BCUT2D eigenvalue weighted by Crippen LogP contribution is -2.28. The number of amides is 2. The number of rotatable bonds is 3. The second-order valence-electron chi connectivity index (χ2n) is 5.01. The second kappa shape index (κ2) is 7.13. The monoisotopic (exact) mass is 375 g/mol. The lowest BCUT2D eigenvalue weighted by Gasteiger charge is -2.15. The van der Waals surface area contributed by atoms with Gasteiger partial charge < -0.3 is 16.0 Å². The Hall–Kier alpha value is -1.27. The molecule has 1 saturated heterocycles. The van der Waals surface area contributed by atoms with Crippen LogP contribution in [0.2, 0.25) is 0 Å². The van der Waals surface area contributed by atoms with E-state index in [1.165, 1.54) is 0 Å². The molecular weight excluding hydrogens is 358 g/mol. The fourth-order valence-corrected chi connectivity index (χ4v) is 2.92. The van der Waals surface area contributed by atoms with Gasteiger partial charge in [0, 0.05) is 24.0 Å². The van der Waals surface area contributed by atoms with Crippen LogP contribution in [0.3, 0.4) is 0 Å². The first kappa shape index (κ1) is 17.8. The summed E-state index contributed by atoms with van der Waals surface area (Å²) >= 11 is 3.38. The Kier molecular flexibility index (Phi) is 6.04. The maximum absolute atomic E-state index is 12.2. The normalized spacial score (nSPS) is 17.6. The number of hydrogen-bond donors (Lipinski definition) is 2. The number of nitrogen functional groups attached to an aromatic ring is 1. The molecule has 21 heavy (non-hydrogen) atoms. The number of nitrogens with zero attached hydrogens (tertiary/aromatic N) is 1. The molecular formula is C14H19BrClN3O2. The van der Waals surface area contributed by atoms with Crippen molar-refractivity contribution in [2.75, 3.05) is 24.1 Å². The van der Waals surface area contributed by atoms with E-state index in [-0.39, 0.29) is 36.6 Å². The van der Waals surface area contributed by atoms with Crippen LogP contribution in [-0.2, 0) is 9.59 Å². The molecule has 1 aliphatic rings. The van der Waals surface area contributed by atoms with Crippen molar-refractivity contribution in [1.29, 1.82) is 0 Å². The molecule has 116 valence electrons. The average molecular weight is 377 g/mol. The number of carbonyl (C=O) groups excluding carboxylic acids is 2. The minimum atomic E-state index is -0.305. The number of hydrogen-bond acceptors (Lipinski definition) is 3. The van der Waals surface area contributed by atoms with Gasteiger partial charge in [-0.05, 0) is 31.5 Å². The van der Waals surface area contributed by atoms with Gasteiger partial charge in [-0.3, -0.25) is 9.59 Å². The van der Waals surface area contributed by atoms with Gasteiger partial charge in [-0.15, -0.1) is 12.4 Å². The van der Waals surface area contributed by atoms with Crippen LogP contribution in [0.1, 0.15) is 18.9 Å². The first-order valence-electron chi connectivity index (χ1n) is 6.56. The van der Waals surface area contributed by atoms with Gasteiger partial charge in [0.25, 0.3) is 0 Å². The molecule has 1 aromatic carbocycles. The van der Waals surface area contributed by atoms with Gasteiger partial charge in [-0.25, -0.2) is 0 Å². The summed E-state index contributed by atoms with van der Waals surface area (Å²) in [4.78, 5) is 25.6. The largest absolute Gasteiger partial charge is 0.397 e. The molecule has 0 radical (unpaired) electrons. The molecule has 2 rings (SSSR count). The number of likely N-dealkylation sites (tertiary alicyclic amines) is 1. The zero-order chi connectivity index (χ0) is 14.9. The maximum atomic E-state index is 12.2. The Bertz CT molecular complexity index is 565. The molecule has 1 aromatic rings. The zero-order valence-corrected chi connectivity index (χ0v) is 14.4. The van der Waals surface area contributed by atoms with Crippen molar-refractivity contribution in [1.82, 2.24) is 4.90 Å². The van der Waals surface area contributed by atoms with Crippen molar-refractivity contribution in [3.63, 3.8) is 0 Å². The maximum Gasteiger partial charge on any atom is 0.229 e. The third-order valence-corrected chi connectivity index (χ3v) is 4.03. The van der Waals surface area contributed by atoms with Gasteiger partial charge in [0.2, 0.25) is 11.8 Å². The first-order valence-corrected chi connectivity index (χ1v) is 7.36. The highest BCUT2D eigenvalue weighted by Gasteiger charge is 2.33. The second-order valence-corrected chi connectivity index (χ2v) is 5.92. The Balaban J connectivity index is 0.00000220. The topological polar surface area (TPSA) is 75.4 Å². The summed E-state index contributed by atoms with van der Waals surface area (Å²) in [5, 5.41) is 2.83. The summed E-state index contributed by atoms with van der Waals surface area (Å²) < 4.78 is 0.859.